The number of fused-ring (bicyclic) bond motifs is 3. The quantitative estimate of drug-likeness (QED) is 0.673. The standard InChI is InChI=1S/C22H22F3N7O4/c1-29(11-18(24)25)20(33)17-10-32-19(21(34)30(2)36-17)14-9-31(6-5-16(14)28-32)22(35)27-13-3-4-15(23)12(7-13)8-26/h3-4,7,17-18H,5-6,9-11H2,1-2H3,(H,27,35). The van der Waals surface area contributed by atoms with E-state index in [9.17, 15) is 27.6 Å². The number of urea groups is 1. The van der Waals surface area contributed by atoms with Crippen LogP contribution < -0.4 is 5.32 Å². The van der Waals surface area contributed by atoms with E-state index in [0.29, 0.717) is 17.7 Å². The Morgan fingerprint density at radius 3 is 2.83 bits per heavy atom. The fourth-order valence-electron chi connectivity index (χ4n) is 4.11. The van der Waals surface area contributed by atoms with Crippen molar-refractivity contribution in [1.29, 1.82) is 5.26 Å². The second kappa shape index (κ2) is 9.86. The van der Waals surface area contributed by atoms with Crippen LogP contribution in [-0.2, 0) is 29.1 Å². The van der Waals surface area contributed by atoms with Crippen molar-refractivity contribution < 1.29 is 32.4 Å². The van der Waals surface area contributed by atoms with Gasteiger partial charge in [-0.05, 0) is 18.2 Å². The van der Waals surface area contributed by atoms with E-state index in [1.54, 1.807) is 6.07 Å². The largest absolute Gasteiger partial charge is 0.338 e. The SMILES string of the molecule is CN(CC(F)F)C(=O)C1Cn2nc3c(c2C(=O)N(C)O1)CN(C(=O)Nc1ccc(F)c(C#N)c1)CC3. The lowest BCUT2D eigenvalue weighted by Gasteiger charge is -2.27. The lowest BCUT2D eigenvalue weighted by Crippen LogP contribution is -2.44. The van der Waals surface area contributed by atoms with Gasteiger partial charge in [-0.2, -0.15) is 10.4 Å². The summed E-state index contributed by atoms with van der Waals surface area (Å²) in [6, 6.07) is 4.80. The van der Waals surface area contributed by atoms with Gasteiger partial charge in [0.1, 0.15) is 17.6 Å². The molecule has 0 saturated carbocycles. The number of aromatic nitrogens is 2. The summed E-state index contributed by atoms with van der Waals surface area (Å²) in [5.41, 5.74) is 1.19. The van der Waals surface area contributed by atoms with Gasteiger partial charge in [0, 0.05) is 38.3 Å². The van der Waals surface area contributed by atoms with Crippen molar-refractivity contribution in [3.63, 3.8) is 0 Å². The van der Waals surface area contributed by atoms with Crippen LogP contribution in [0.4, 0.5) is 23.7 Å². The first-order valence-corrected chi connectivity index (χ1v) is 10.9. The Balaban J connectivity index is 1.55. The minimum Gasteiger partial charge on any atom is -0.338 e. The van der Waals surface area contributed by atoms with Gasteiger partial charge in [-0.3, -0.25) is 19.1 Å². The highest BCUT2D eigenvalue weighted by Crippen LogP contribution is 2.27. The minimum atomic E-state index is -2.73. The third kappa shape index (κ3) is 4.82. The van der Waals surface area contributed by atoms with E-state index in [1.165, 1.54) is 35.8 Å². The molecule has 4 rings (SSSR count). The Hall–Kier alpha value is -4.12. The number of benzene rings is 1. The number of carbonyl (C=O) groups is 3. The van der Waals surface area contributed by atoms with Crippen molar-refractivity contribution in [3.8, 4) is 6.07 Å². The lowest BCUT2D eigenvalue weighted by molar-refractivity contribution is -0.177. The van der Waals surface area contributed by atoms with Gasteiger partial charge in [-0.1, -0.05) is 0 Å². The summed E-state index contributed by atoms with van der Waals surface area (Å²) in [6.45, 7) is -0.676. The van der Waals surface area contributed by atoms with E-state index < -0.39 is 42.7 Å². The maximum absolute atomic E-state index is 13.6. The van der Waals surface area contributed by atoms with Gasteiger partial charge in [0.2, 0.25) is 0 Å². The Morgan fingerprint density at radius 2 is 2.14 bits per heavy atom. The number of nitrogens with one attached hydrogen (secondary N) is 1. The average molecular weight is 505 g/mol. The lowest BCUT2D eigenvalue weighted by atomic mass is 10.1. The number of anilines is 1. The number of nitriles is 1. The molecule has 0 saturated heterocycles. The maximum Gasteiger partial charge on any atom is 0.322 e. The summed E-state index contributed by atoms with van der Waals surface area (Å²) in [6.07, 6.45) is -3.66. The number of halogens is 3. The molecule has 1 atom stereocenters. The van der Waals surface area contributed by atoms with Crippen LogP contribution in [0, 0.1) is 17.1 Å². The predicted octanol–water partition coefficient (Wildman–Crippen LogP) is 1.59. The molecule has 190 valence electrons. The van der Waals surface area contributed by atoms with Crippen molar-refractivity contribution >= 4 is 23.5 Å². The summed E-state index contributed by atoms with van der Waals surface area (Å²) in [4.78, 5) is 46.3. The topological polar surface area (TPSA) is 124 Å². The Morgan fingerprint density at radius 1 is 1.39 bits per heavy atom. The van der Waals surface area contributed by atoms with Crippen molar-refractivity contribution in [2.45, 2.75) is 32.0 Å². The Labute approximate surface area is 203 Å². The molecule has 2 aliphatic rings. The highest BCUT2D eigenvalue weighted by molar-refractivity contribution is 5.95. The summed E-state index contributed by atoms with van der Waals surface area (Å²) in [5, 5.41) is 16.9. The maximum atomic E-state index is 13.6. The van der Waals surface area contributed by atoms with Gasteiger partial charge in [-0.15, -0.1) is 0 Å². The molecule has 1 aromatic carbocycles. The number of amides is 4. The van der Waals surface area contributed by atoms with Gasteiger partial charge in [0.05, 0.1) is 30.9 Å². The molecule has 14 heteroatoms. The van der Waals surface area contributed by atoms with Gasteiger partial charge < -0.3 is 15.1 Å². The molecule has 2 aliphatic heterocycles. The number of nitrogens with zero attached hydrogens (tertiary/aromatic N) is 6. The van der Waals surface area contributed by atoms with Crippen LogP contribution >= 0.6 is 0 Å². The summed E-state index contributed by atoms with van der Waals surface area (Å²) in [7, 11) is 2.52. The first-order valence-electron chi connectivity index (χ1n) is 10.9. The van der Waals surface area contributed by atoms with E-state index in [0.717, 1.165) is 16.0 Å². The smallest absolute Gasteiger partial charge is 0.322 e. The number of hydrogen-bond donors (Lipinski definition) is 1. The molecule has 4 amide bonds. The van der Waals surface area contributed by atoms with Crippen LogP contribution in [0.1, 0.15) is 27.3 Å². The molecular weight excluding hydrogens is 483 g/mol. The number of likely N-dealkylation sites (N-methyl/N-ethyl adjacent to an activating group) is 1. The molecule has 36 heavy (non-hydrogen) atoms. The number of carbonyl (C=O) groups excluding carboxylic acids is 3. The second-order valence-electron chi connectivity index (χ2n) is 8.37. The van der Waals surface area contributed by atoms with E-state index in [1.807, 2.05) is 0 Å². The van der Waals surface area contributed by atoms with Crippen LogP contribution in [0.2, 0.25) is 0 Å². The van der Waals surface area contributed by atoms with Crippen LogP contribution in [-0.4, -0.2) is 82.2 Å². The van der Waals surface area contributed by atoms with Crippen LogP contribution in [0.25, 0.3) is 0 Å². The first kappa shape index (κ1) is 25.0. The van der Waals surface area contributed by atoms with Crippen LogP contribution in [0.15, 0.2) is 18.2 Å². The monoisotopic (exact) mass is 505 g/mol. The van der Waals surface area contributed by atoms with Crippen molar-refractivity contribution in [2.75, 3.05) is 32.5 Å². The highest BCUT2D eigenvalue weighted by Gasteiger charge is 2.38. The van der Waals surface area contributed by atoms with Crippen LogP contribution in [0.5, 0.6) is 0 Å². The van der Waals surface area contributed by atoms with Gasteiger partial charge >= 0.3 is 6.03 Å². The fourth-order valence-corrected chi connectivity index (χ4v) is 4.11. The molecule has 3 heterocycles. The zero-order valence-corrected chi connectivity index (χ0v) is 19.4. The minimum absolute atomic E-state index is 0.0201. The third-order valence-electron chi connectivity index (χ3n) is 5.90. The summed E-state index contributed by atoms with van der Waals surface area (Å²) in [5.74, 6) is -2.04. The molecule has 0 fully saturated rings. The molecule has 0 radical (unpaired) electrons. The molecule has 0 bridgehead atoms. The molecule has 0 spiro atoms. The molecular formula is C22H22F3N7O4. The molecule has 1 aromatic heterocycles. The van der Waals surface area contributed by atoms with Gasteiger partial charge in [-0.25, -0.2) is 23.0 Å². The molecule has 11 nitrogen and oxygen atoms in total. The van der Waals surface area contributed by atoms with E-state index >= 15 is 0 Å². The molecule has 0 aliphatic carbocycles. The molecule has 1 N–H and O–H groups in total. The van der Waals surface area contributed by atoms with Crippen molar-refractivity contribution in [2.24, 2.45) is 0 Å². The number of rotatable bonds is 4. The second-order valence-corrected chi connectivity index (χ2v) is 8.37. The fraction of sp³-hybridized carbons (Fsp3) is 0.409. The third-order valence-corrected chi connectivity index (χ3v) is 5.90. The normalized spacial score (nSPS) is 17.2. The van der Waals surface area contributed by atoms with Gasteiger partial charge in [0.25, 0.3) is 18.2 Å². The van der Waals surface area contributed by atoms with E-state index in [4.69, 9.17) is 10.1 Å². The predicted molar refractivity (Wildman–Crippen MR) is 117 cm³/mol. The van der Waals surface area contributed by atoms with E-state index in [2.05, 4.69) is 10.4 Å². The highest BCUT2D eigenvalue weighted by atomic mass is 19.3. The first-order chi connectivity index (χ1) is 17.1. The number of hydroxylamine groups is 2. The van der Waals surface area contributed by atoms with Crippen molar-refractivity contribution in [1.82, 2.24) is 24.6 Å². The number of alkyl halides is 2. The Kier molecular flexibility index (Phi) is 6.84. The zero-order chi connectivity index (χ0) is 26.1. The summed E-state index contributed by atoms with van der Waals surface area (Å²) >= 11 is 0. The molecule has 1 unspecified atom stereocenters. The summed E-state index contributed by atoms with van der Waals surface area (Å²) < 4.78 is 40.4. The number of hydrogen-bond acceptors (Lipinski definition) is 6. The van der Waals surface area contributed by atoms with Gasteiger partial charge in [0.15, 0.2) is 6.10 Å². The van der Waals surface area contributed by atoms with Crippen molar-refractivity contribution in [3.05, 3.63) is 46.5 Å². The van der Waals surface area contributed by atoms with Crippen LogP contribution in [0.3, 0.4) is 0 Å². The molecule has 2 aromatic rings. The zero-order valence-electron chi connectivity index (χ0n) is 19.4. The average Bonchev–Trinajstić information content (AvgIpc) is 3.14. The Bertz CT molecular complexity index is 1260. The van der Waals surface area contributed by atoms with E-state index in [-0.39, 0.29) is 36.6 Å².